The Labute approximate surface area is 149 Å². The van der Waals surface area contributed by atoms with Crippen molar-refractivity contribution in [1.82, 2.24) is 0 Å². The SMILES string of the molecule is COc1ccc(/C=C/C(=O)O[C@@H](C)C(=O)c2ccc(Br)cc2)cc1. The highest BCUT2D eigenvalue weighted by Gasteiger charge is 2.18. The Morgan fingerprint density at radius 1 is 1.04 bits per heavy atom. The van der Waals surface area contributed by atoms with E-state index in [4.69, 9.17) is 9.47 Å². The van der Waals surface area contributed by atoms with Crippen molar-refractivity contribution in [2.75, 3.05) is 7.11 Å². The summed E-state index contributed by atoms with van der Waals surface area (Å²) in [6.07, 6.45) is 2.07. The number of ketones is 1. The van der Waals surface area contributed by atoms with Gasteiger partial charge in [-0.25, -0.2) is 4.79 Å². The van der Waals surface area contributed by atoms with Crippen LogP contribution in [0.15, 0.2) is 59.1 Å². The normalized spacial score (nSPS) is 12.0. The highest BCUT2D eigenvalue weighted by atomic mass is 79.9. The summed E-state index contributed by atoms with van der Waals surface area (Å²) in [6.45, 7) is 1.56. The second kappa shape index (κ2) is 8.45. The molecular formula is C19H17BrO4. The number of hydrogen-bond acceptors (Lipinski definition) is 4. The fourth-order valence-corrected chi connectivity index (χ4v) is 2.26. The van der Waals surface area contributed by atoms with Gasteiger partial charge in [-0.2, -0.15) is 0 Å². The van der Waals surface area contributed by atoms with Crippen molar-refractivity contribution in [2.45, 2.75) is 13.0 Å². The van der Waals surface area contributed by atoms with Crippen molar-refractivity contribution in [3.8, 4) is 5.75 Å². The summed E-state index contributed by atoms with van der Waals surface area (Å²) in [4.78, 5) is 24.1. The van der Waals surface area contributed by atoms with E-state index >= 15 is 0 Å². The summed E-state index contributed by atoms with van der Waals surface area (Å²) in [6, 6.07) is 14.1. The third-order valence-corrected chi connectivity index (χ3v) is 3.85. The molecule has 0 bridgehead atoms. The van der Waals surface area contributed by atoms with Crippen LogP contribution in [0.2, 0.25) is 0 Å². The Balaban J connectivity index is 1.93. The number of benzene rings is 2. The number of rotatable bonds is 6. The Bertz CT molecular complexity index is 733. The number of halogens is 1. The Kier molecular flexibility index (Phi) is 6.32. The van der Waals surface area contributed by atoms with E-state index in [1.54, 1.807) is 56.5 Å². The molecule has 2 rings (SSSR count). The maximum absolute atomic E-state index is 12.2. The molecule has 0 aromatic heterocycles. The van der Waals surface area contributed by atoms with E-state index in [2.05, 4.69) is 15.9 Å². The van der Waals surface area contributed by atoms with Crippen LogP contribution in [0.25, 0.3) is 6.08 Å². The summed E-state index contributed by atoms with van der Waals surface area (Å²) < 4.78 is 11.1. The zero-order valence-electron chi connectivity index (χ0n) is 13.4. The Morgan fingerprint density at radius 3 is 2.25 bits per heavy atom. The van der Waals surface area contributed by atoms with E-state index < -0.39 is 12.1 Å². The summed E-state index contributed by atoms with van der Waals surface area (Å²) in [5, 5.41) is 0. The minimum absolute atomic E-state index is 0.242. The predicted octanol–water partition coefficient (Wildman–Crippen LogP) is 4.29. The number of carbonyl (C=O) groups is 2. The molecule has 0 aliphatic carbocycles. The van der Waals surface area contributed by atoms with E-state index in [0.29, 0.717) is 5.56 Å². The lowest BCUT2D eigenvalue weighted by atomic mass is 10.1. The maximum atomic E-state index is 12.2. The molecule has 0 aliphatic heterocycles. The largest absolute Gasteiger partial charge is 0.497 e. The summed E-state index contributed by atoms with van der Waals surface area (Å²) >= 11 is 3.31. The van der Waals surface area contributed by atoms with Crippen LogP contribution in [0, 0.1) is 0 Å². The average Bonchev–Trinajstić information content (AvgIpc) is 2.60. The van der Waals surface area contributed by atoms with Crippen LogP contribution in [0.5, 0.6) is 5.75 Å². The first-order valence-electron chi connectivity index (χ1n) is 7.32. The lowest BCUT2D eigenvalue weighted by Gasteiger charge is -2.10. The molecule has 0 amide bonds. The number of hydrogen-bond donors (Lipinski definition) is 0. The molecule has 0 saturated carbocycles. The monoisotopic (exact) mass is 388 g/mol. The summed E-state index contributed by atoms with van der Waals surface area (Å²) in [5.74, 6) is -0.0686. The molecule has 0 aliphatic rings. The van der Waals surface area contributed by atoms with Gasteiger partial charge >= 0.3 is 5.97 Å². The van der Waals surface area contributed by atoms with Crippen molar-refractivity contribution in [3.63, 3.8) is 0 Å². The lowest BCUT2D eigenvalue weighted by Crippen LogP contribution is -2.23. The van der Waals surface area contributed by atoms with Crippen LogP contribution in [-0.2, 0) is 9.53 Å². The van der Waals surface area contributed by atoms with Crippen LogP contribution in [-0.4, -0.2) is 25.0 Å². The Hall–Kier alpha value is -2.40. The third kappa shape index (κ3) is 5.06. The molecule has 0 radical (unpaired) electrons. The van der Waals surface area contributed by atoms with Gasteiger partial charge in [-0.3, -0.25) is 4.79 Å². The van der Waals surface area contributed by atoms with Crippen LogP contribution in [0.3, 0.4) is 0 Å². The molecule has 2 aromatic rings. The van der Waals surface area contributed by atoms with E-state index in [1.165, 1.54) is 6.08 Å². The molecule has 0 unspecified atom stereocenters. The van der Waals surface area contributed by atoms with Crippen molar-refractivity contribution in [3.05, 3.63) is 70.2 Å². The molecule has 4 nitrogen and oxygen atoms in total. The fourth-order valence-electron chi connectivity index (χ4n) is 2.00. The molecule has 5 heteroatoms. The van der Waals surface area contributed by atoms with Gasteiger partial charge < -0.3 is 9.47 Å². The van der Waals surface area contributed by atoms with Crippen molar-refractivity contribution in [1.29, 1.82) is 0 Å². The number of carbonyl (C=O) groups excluding carboxylic acids is 2. The van der Waals surface area contributed by atoms with Gasteiger partial charge in [-0.15, -0.1) is 0 Å². The molecule has 2 aromatic carbocycles. The van der Waals surface area contributed by atoms with Crippen LogP contribution >= 0.6 is 15.9 Å². The van der Waals surface area contributed by atoms with Gasteiger partial charge in [-0.1, -0.05) is 40.2 Å². The van der Waals surface area contributed by atoms with Gasteiger partial charge in [-0.05, 0) is 42.8 Å². The predicted molar refractivity (Wildman–Crippen MR) is 96.1 cm³/mol. The zero-order chi connectivity index (χ0) is 17.5. The second-order valence-corrected chi connectivity index (χ2v) is 5.97. The van der Waals surface area contributed by atoms with E-state index in [9.17, 15) is 9.59 Å². The number of ether oxygens (including phenoxy) is 2. The zero-order valence-corrected chi connectivity index (χ0v) is 14.9. The standard InChI is InChI=1S/C19H17BrO4/c1-13(19(22)15-6-8-16(20)9-7-15)24-18(21)12-5-14-3-10-17(23-2)11-4-14/h3-13H,1-2H3/b12-5+/t13-/m0/s1. The number of methoxy groups -OCH3 is 1. The van der Waals surface area contributed by atoms with E-state index in [0.717, 1.165) is 15.8 Å². The Morgan fingerprint density at radius 2 is 1.67 bits per heavy atom. The molecule has 0 spiro atoms. The molecule has 0 fully saturated rings. The minimum atomic E-state index is -0.848. The van der Waals surface area contributed by atoms with Gasteiger partial charge in [0.25, 0.3) is 0 Å². The van der Waals surface area contributed by atoms with Crippen LogP contribution < -0.4 is 4.74 Å². The van der Waals surface area contributed by atoms with Gasteiger partial charge in [0.2, 0.25) is 5.78 Å². The van der Waals surface area contributed by atoms with Gasteiger partial charge in [0.15, 0.2) is 6.10 Å². The quantitative estimate of drug-likeness (QED) is 0.420. The topological polar surface area (TPSA) is 52.6 Å². The molecule has 0 heterocycles. The summed E-state index contributed by atoms with van der Waals surface area (Å²) in [5.41, 5.74) is 1.33. The highest BCUT2D eigenvalue weighted by Crippen LogP contribution is 2.14. The first kappa shape index (κ1) is 17.9. The van der Waals surface area contributed by atoms with Gasteiger partial charge in [0.1, 0.15) is 5.75 Å². The average molecular weight is 389 g/mol. The molecule has 24 heavy (non-hydrogen) atoms. The third-order valence-electron chi connectivity index (χ3n) is 3.32. The minimum Gasteiger partial charge on any atom is -0.497 e. The number of esters is 1. The first-order valence-corrected chi connectivity index (χ1v) is 8.11. The van der Waals surface area contributed by atoms with Crippen molar-refractivity contribution in [2.24, 2.45) is 0 Å². The van der Waals surface area contributed by atoms with Gasteiger partial charge in [0, 0.05) is 16.1 Å². The second-order valence-electron chi connectivity index (χ2n) is 5.06. The van der Waals surface area contributed by atoms with Crippen molar-refractivity contribution >= 4 is 33.8 Å². The maximum Gasteiger partial charge on any atom is 0.331 e. The molecule has 1 atom stereocenters. The molecular weight excluding hydrogens is 372 g/mol. The summed E-state index contributed by atoms with van der Waals surface area (Å²) in [7, 11) is 1.59. The van der Waals surface area contributed by atoms with Crippen molar-refractivity contribution < 1.29 is 19.1 Å². The molecule has 0 saturated heterocycles. The lowest BCUT2D eigenvalue weighted by molar-refractivity contribution is -0.140. The number of Topliss-reactive ketones (excluding diaryl/α,β-unsaturated/α-hetero) is 1. The van der Waals surface area contributed by atoms with Crippen LogP contribution in [0.1, 0.15) is 22.8 Å². The first-order chi connectivity index (χ1) is 11.5. The molecule has 0 N–H and O–H groups in total. The van der Waals surface area contributed by atoms with Gasteiger partial charge in [0.05, 0.1) is 7.11 Å². The highest BCUT2D eigenvalue weighted by molar-refractivity contribution is 9.10. The smallest absolute Gasteiger partial charge is 0.331 e. The van der Waals surface area contributed by atoms with Crippen LogP contribution in [0.4, 0.5) is 0 Å². The fraction of sp³-hybridized carbons (Fsp3) is 0.158. The van der Waals surface area contributed by atoms with E-state index in [-0.39, 0.29) is 5.78 Å². The molecule has 124 valence electrons. The van der Waals surface area contributed by atoms with E-state index in [1.807, 2.05) is 12.1 Å².